The number of benzene rings is 2. The highest BCUT2D eigenvalue weighted by molar-refractivity contribution is 6.25. The van der Waals surface area contributed by atoms with E-state index in [-0.39, 0.29) is 5.75 Å². The first-order valence-corrected chi connectivity index (χ1v) is 12.1. The summed E-state index contributed by atoms with van der Waals surface area (Å²) in [6.45, 7) is 5.04. The van der Waals surface area contributed by atoms with E-state index in [1.54, 1.807) is 12.1 Å². The first-order valence-electron chi connectivity index (χ1n) is 12.1. The average molecular weight is 509 g/mol. The summed E-state index contributed by atoms with van der Waals surface area (Å²) >= 11 is 0. The molecule has 0 aliphatic carbocycles. The molecule has 10 heteroatoms. The number of fused-ring (bicyclic) bond motifs is 1. The van der Waals surface area contributed by atoms with Gasteiger partial charge in [-0.2, -0.15) is 0 Å². The quantitative estimate of drug-likeness (QED) is 0.278. The lowest BCUT2D eigenvalue weighted by Gasteiger charge is -2.30. The van der Waals surface area contributed by atoms with Crippen molar-refractivity contribution >= 4 is 35.4 Å². The normalized spacial score (nSPS) is 24.7. The van der Waals surface area contributed by atoms with Gasteiger partial charge >= 0.3 is 17.9 Å². The van der Waals surface area contributed by atoms with Gasteiger partial charge in [-0.25, -0.2) is 4.90 Å². The van der Waals surface area contributed by atoms with Crippen molar-refractivity contribution in [2.75, 3.05) is 4.90 Å². The lowest BCUT2D eigenvalue weighted by Crippen LogP contribution is -2.57. The Labute approximate surface area is 213 Å². The van der Waals surface area contributed by atoms with Crippen LogP contribution in [0, 0.1) is 11.8 Å². The number of hydrogen-bond donors (Lipinski definition) is 3. The number of ether oxygens (including phenoxy) is 1. The Morgan fingerprint density at radius 2 is 1.57 bits per heavy atom. The number of carboxylic acid groups (broad SMARTS) is 2. The maximum atomic E-state index is 14.0. The number of carbonyl (C=O) groups is 5. The fourth-order valence-corrected chi connectivity index (χ4v) is 5.59. The van der Waals surface area contributed by atoms with Crippen molar-refractivity contribution in [1.82, 2.24) is 5.32 Å². The van der Waals surface area contributed by atoms with Gasteiger partial charge < -0.3 is 14.9 Å². The predicted molar refractivity (Wildman–Crippen MR) is 131 cm³/mol. The second kappa shape index (κ2) is 9.78. The molecule has 3 N–H and O–H groups in total. The van der Waals surface area contributed by atoms with Crippen molar-refractivity contribution in [1.29, 1.82) is 0 Å². The fraction of sp³-hybridized carbons (Fsp3) is 0.370. The Balaban J connectivity index is 1.88. The van der Waals surface area contributed by atoms with Crippen molar-refractivity contribution in [2.24, 2.45) is 11.8 Å². The number of carbonyl (C=O) groups excluding carboxylic acids is 3. The van der Waals surface area contributed by atoms with Crippen molar-refractivity contribution in [3.8, 4) is 5.75 Å². The minimum Gasteiger partial charge on any atom is -0.481 e. The number of nitrogens with one attached hydrogen (secondary N) is 1. The van der Waals surface area contributed by atoms with Gasteiger partial charge in [0.05, 0.1) is 23.9 Å². The summed E-state index contributed by atoms with van der Waals surface area (Å²) in [5.41, 5.74) is 0.216. The highest BCUT2D eigenvalue weighted by atomic mass is 16.5. The van der Waals surface area contributed by atoms with E-state index in [0.29, 0.717) is 24.1 Å². The summed E-state index contributed by atoms with van der Waals surface area (Å²) in [5, 5.41) is 22.7. The van der Waals surface area contributed by atoms with Crippen LogP contribution in [-0.4, -0.2) is 45.5 Å². The van der Waals surface area contributed by atoms with E-state index in [4.69, 9.17) is 4.74 Å². The smallest absolute Gasteiger partial charge is 0.325 e. The van der Waals surface area contributed by atoms with E-state index in [0.717, 1.165) is 16.0 Å². The van der Waals surface area contributed by atoms with Crippen LogP contribution < -0.4 is 15.0 Å². The van der Waals surface area contributed by atoms with Crippen LogP contribution in [0.3, 0.4) is 0 Å². The molecule has 2 heterocycles. The number of imide groups is 1. The Hall–Kier alpha value is -4.05. The molecule has 37 heavy (non-hydrogen) atoms. The lowest BCUT2D eigenvalue weighted by atomic mass is 9.77. The van der Waals surface area contributed by atoms with E-state index in [1.165, 1.54) is 19.1 Å². The molecule has 0 spiro atoms. The molecular weight excluding hydrogens is 480 g/mol. The maximum Gasteiger partial charge on any atom is 0.325 e. The molecule has 0 aromatic heterocycles. The van der Waals surface area contributed by atoms with Crippen molar-refractivity contribution in [2.45, 2.75) is 51.6 Å². The molecule has 2 saturated heterocycles. The van der Waals surface area contributed by atoms with E-state index in [2.05, 4.69) is 5.32 Å². The number of para-hydroxylation sites is 1. The molecular formula is C27H28N2O8. The topological polar surface area (TPSA) is 150 Å². The molecule has 4 atom stereocenters. The Bertz CT molecular complexity index is 1270. The van der Waals surface area contributed by atoms with Gasteiger partial charge in [-0.1, -0.05) is 44.2 Å². The first-order chi connectivity index (χ1) is 17.5. The van der Waals surface area contributed by atoms with Crippen LogP contribution in [0.5, 0.6) is 5.75 Å². The zero-order valence-electron chi connectivity index (χ0n) is 20.7. The third-order valence-corrected chi connectivity index (χ3v) is 7.16. The second-order valence-corrected chi connectivity index (χ2v) is 9.28. The monoisotopic (exact) mass is 508 g/mol. The largest absolute Gasteiger partial charge is 0.481 e. The molecule has 2 fully saturated rings. The fourth-order valence-electron chi connectivity index (χ4n) is 5.59. The Morgan fingerprint density at radius 1 is 0.973 bits per heavy atom. The Morgan fingerprint density at radius 3 is 2.05 bits per heavy atom. The van der Waals surface area contributed by atoms with Crippen molar-refractivity contribution in [3.63, 3.8) is 0 Å². The van der Waals surface area contributed by atoms with E-state index in [9.17, 15) is 34.2 Å². The number of hydrogen-bond acceptors (Lipinski definition) is 7. The van der Waals surface area contributed by atoms with Crippen LogP contribution in [0.15, 0.2) is 42.5 Å². The van der Waals surface area contributed by atoms with Crippen LogP contribution >= 0.6 is 0 Å². The molecule has 2 aromatic rings. The van der Waals surface area contributed by atoms with E-state index in [1.807, 2.05) is 32.0 Å². The molecule has 4 unspecified atom stereocenters. The number of carboxylic acids is 2. The molecule has 2 aliphatic heterocycles. The van der Waals surface area contributed by atoms with Gasteiger partial charge in [-0.05, 0) is 41.7 Å². The summed E-state index contributed by atoms with van der Waals surface area (Å²) in [4.78, 5) is 64.7. The summed E-state index contributed by atoms with van der Waals surface area (Å²) in [5.74, 6) is -7.12. The number of aliphatic carboxylic acids is 2. The SMILES string of the molecule is CCc1cccc(CC)c1N1C(=O)C2C(c3ccc(OC(C)=O)cc3)NC(CC(=O)O)(C(=O)O)C2C1=O. The highest BCUT2D eigenvalue weighted by Gasteiger charge is 2.69. The van der Waals surface area contributed by atoms with Crippen molar-refractivity contribution < 1.29 is 38.9 Å². The van der Waals surface area contributed by atoms with Gasteiger partial charge in [0.1, 0.15) is 11.3 Å². The summed E-state index contributed by atoms with van der Waals surface area (Å²) < 4.78 is 5.05. The average Bonchev–Trinajstić information content (AvgIpc) is 3.32. The van der Waals surface area contributed by atoms with Crippen LogP contribution in [0.1, 0.15) is 49.9 Å². The number of esters is 1. The third kappa shape index (κ3) is 4.27. The second-order valence-electron chi connectivity index (χ2n) is 9.28. The zero-order chi connectivity index (χ0) is 27.1. The van der Waals surface area contributed by atoms with E-state index < -0.39 is 59.6 Å². The summed E-state index contributed by atoms with van der Waals surface area (Å²) in [6.07, 6.45) is 0.177. The van der Waals surface area contributed by atoms with Crippen LogP contribution in [-0.2, 0) is 36.8 Å². The van der Waals surface area contributed by atoms with Crippen molar-refractivity contribution in [3.05, 3.63) is 59.2 Å². The lowest BCUT2D eigenvalue weighted by molar-refractivity contribution is -0.154. The van der Waals surface area contributed by atoms with Crippen LogP contribution in [0.2, 0.25) is 0 Å². The highest BCUT2D eigenvalue weighted by Crippen LogP contribution is 2.52. The van der Waals surface area contributed by atoms with Gasteiger partial charge in [0.2, 0.25) is 11.8 Å². The first kappa shape index (κ1) is 26.0. The standard InChI is InChI=1S/C27H28N2O8/c1-4-15-7-6-8-16(5-2)23(15)29-24(33)20-21(25(29)34)27(26(35)36,13-19(31)32)28-22(20)17-9-11-18(12-10-17)37-14(3)30/h6-12,20-22,28H,4-5,13H2,1-3H3,(H,31,32)(H,35,36). The van der Waals surface area contributed by atoms with Gasteiger partial charge in [0.15, 0.2) is 0 Å². The van der Waals surface area contributed by atoms with Crippen LogP contribution in [0.4, 0.5) is 5.69 Å². The minimum atomic E-state index is -2.20. The molecule has 2 aliphatic rings. The molecule has 10 nitrogen and oxygen atoms in total. The van der Waals surface area contributed by atoms with E-state index >= 15 is 0 Å². The molecule has 2 aromatic carbocycles. The number of anilines is 1. The molecule has 2 amide bonds. The molecule has 194 valence electrons. The number of rotatable bonds is 8. The number of amides is 2. The summed E-state index contributed by atoms with van der Waals surface area (Å²) in [6, 6.07) is 10.6. The summed E-state index contributed by atoms with van der Waals surface area (Å²) in [7, 11) is 0. The van der Waals surface area contributed by atoms with Gasteiger partial charge in [-0.3, -0.25) is 29.3 Å². The number of aryl methyl sites for hydroxylation is 2. The zero-order valence-corrected chi connectivity index (χ0v) is 20.7. The van der Waals surface area contributed by atoms with Gasteiger partial charge in [0.25, 0.3) is 0 Å². The molecule has 0 radical (unpaired) electrons. The van der Waals surface area contributed by atoms with Gasteiger partial charge in [-0.15, -0.1) is 0 Å². The maximum absolute atomic E-state index is 14.0. The molecule has 0 bridgehead atoms. The minimum absolute atomic E-state index is 0.251. The van der Waals surface area contributed by atoms with Gasteiger partial charge in [0, 0.05) is 13.0 Å². The van der Waals surface area contributed by atoms with Crippen LogP contribution in [0.25, 0.3) is 0 Å². The predicted octanol–water partition coefficient (Wildman–Crippen LogP) is 2.48. The Kier molecular flexibility index (Phi) is 6.88. The third-order valence-electron chi connectivity index (χ3n) is 7.16. The molecule has 4 rings (SSSR count). The number of nitrogens with zero attached hydrogens (tertiary/aromatic N) is 1. The molecule has 0 saturated carbocycles.